The average Bonchev–Trinajstić information content (AvgIpc) is 3.61. The summed E-state index contributed by atoms with van der Waals surface area (Å²) in [5, 5.41) is 17.0. The first-order valence-corrected chi connectivity index (χ1v) is 11.1. The van der Waals surface area contributed by atoms with Gasteiger partial charge in [0, 0.05) is 31.3 Å². The number of halogens is 2. The highest BCUT2D eigenvalue weighted by Crippen LogP contribution is 2.67. The maximum Gasteiger partial charge on any atom is 0.410 e. The molecule has 11 heteroatoms. The number of likely N-dealkylation sites (tertiary alicyclic amines) is 1. The Hall–Kier alpha value is -2.98. The minimum atomic E-state index is -1.46. The zero-order valence-corrected chi connectivity index (χ0v) is 18.8. The van der Waals surface area contributed by atoms with Crippen LogP contribution in [-0.2, 0) is 4.74 Å². The van der Waals surface area contributed by atoms with Gasteiger partial charge in [-0.1, -0.05) is 0 Å². The molecule has 2 amide bonds. The van der Waals surface area contributed by atoms with Gasteiger partial charge in [-0.2, -0.15) is 0 Å². The van der Waals surface area contributed by atoms with Crippen LogP contribution < -0.4 is 10.6 Å². The van der Waals surface area contributed by atoms with Crippen LogP contribution in [0.4, 0.5) is 25.0 Å². The summed E-state index contributed by atoms with van der Waals surface area (Å²) in [6, 6.07) is 0.790. The van der Waals surface area contributed by atoms with Gasteiger partial charge in [-0.05, 0) is 51.9 Å². The third-order valence-corrected chi connectivity index (χ3v) is 6.44. The molecule has 33 heavy (non-hydrogen) atoms. The molecule has 0 bridgehead atoms. The van der Waals surface area contributed by atoms with Gasteiger partial charge in [0.25, 0.3) is 11.6 Å². The number of carbonyl (C=O) groups excluding carboxylic acids is 2. The number of nitrogens with one attached hydrogen (secondary N) is 2. The van der Waals surface area contributed by atoms with Crippen molar-refractivity contribution in [2.75, 3.05) is 18.4 Å². The molecule has 1 aromatic carbocycles. The summed E-state index contributed by atoms with van der Waals surface area (Å²) in [4.78, 5) is 37.2. The highest BCUT2D eigenvalue weighted by Gasteiger charge is 2.63. The van der Waals surface area contributed by atoms with Crippen LogP contribution in [0, 0.1) is 21.3 Å². The Morgan fingerprint density at radius 1 is 1.30 bits per heavy atom. The van der Waals surface area contributed by atoms with Crippen LogP contribution in [-0.4, -0.2) is 58.8 Å². The first kappa shape index (κ1) is 23.2. The van der Waals surface area contributed by atoms with Crippen LogP contribution in [0.15, 0.2) is 12.1 Å². The lowest BCUT2D eigenvalue weighted by Crippen LogP contribution is -2.55. The fourth-order valence-electron chi connectivity index (χ4n) is 4.25. The molecule has 0 aromatic heterocycles. The van der Waals surface area contributed by atoms with E-state index >= 15 is 0 Å². The Balaban J connectivity index is 1.47. The Kier molecular flexibility index (Phi) is 5.69. The number of nitro groups is 1. The molecule has 2 N–H and O–H groups in total. The fraction of sp³-hybridized carbons (Fsp3) is 0.636. The molecule has 3 atom stereocenters. The lowest BCUT2D eigenvalue weighted by molar-refractivity contribution is -0.384. The number of hydrogen-bond acceptors (Lipinski definition) is 6. The molecule has 3 aliphatic rings. The van der Waals surface area contributed by atoms with Gasteiger partial charge < -0.3 is 20.3 Å². The molecule has 2 saturated carbocycles. The Morgan fingerprint density at radius 2 is 2.00 bits per heavy atom. The van der Waals surface area contributed by atoms with Gasteiger partial charge in [-0.3, -0.25) is 14.9 Å². The highest BCUT2D eigenvalue weighted by molar-refractivity contribution is 5.96. The number of carbonyl (C=O) groups is 2. The maximum absolute atomic E-state index is 14.8. The van der Waals surface area contributed by atoms with Crippen molar-refractivity contribution in [3.05, 3.63) is 33.6 Å². The molecule has 4 rings (SSSR count). The highest BCUT2D eigenvalue weighted by atomic mass is 19.1. The second-order valence-electron chi connectivity index (χ2n) is 10.2. The normalized spacial score (nSPS) is 25.4. The third-order valence-electron chi connectivity index (χ3n) is 6.44. The van der Waals surface area contributed by atoms with Crippen molar-refractivity contribution in [3.63, 3.8) is 0 Å². The van der Waals surface area contributed by atoms with Crippen LogP contribution >= 0.6 is 0 Å². The van der Waals surface area contributed by atoms with Crippen molar-refractivity contribution in [1.29, 1.82) is 0 Å². The SMILES string of the molecule is CC(C)(C)OC(=O)N1CC[C@H](F)[C@@H](NC(=O)c2cc([N+](=O)[O-])c(NC3CC34CC4)cc2F)C1. The zero-order chi connectivity index (χ0) is 24.1. The number of piperidine rings is 1. The molecule has 3 fully saturated rings. The van der Waals surface area contributed by atoms with Crippen molar-refractivity contribution in [2.24, 2.45) is 5.41 Å². The van der Waals surface area contributed by atoms with Crippen molar-refractivity contribution in [1.82, 2.24) is 10.2 Å². The zero-order valence-electron chi connectivity index (χ0n) is 18.8. The van der Waals surface area contributed by atoms with E-state index in [-0.39, 0.29) is 36.7 Å². The van der Waals surface area contributed by atoms with E-state index < -0.39 is 51.8 Å². The summed E-state index contributed by atoms with van der Waals surface area (Å²) in [6.07, 6.45) is 0.859. The first-order valence-electron chi connectivity index (χ1n) is 11.1. The average molecular weight is 466 g/mol. The molecule has 1 heterocycles. The number of nitro benzene ring substituents is 1. The van der Waals surface area contributed by atoms with Crippen LogP contribution in [0.25, 0.3) is 0 Å². The minimum Gasteiger partial charge on any atom is -0.444 e. The van der Waals surface area contributed by atoms with Crippen molar-refractivity contribution < 1.29 is 28.0 Å². The van der Waals surface area contributed by atoms with E-state index in [4.69, 9.17) is 4.74 Å². The number of anilines is 1. The Morgan fingerprint density at radius 3 is 2.58 bits per heavy atom. The first-order chi connectivity index (χ1) is 15.4. The summed E-state index contributed by atoms with van der Waals surface area (Å²) in [7, 11) is 0. The monoisotopic (exact) mass is 466 g/mol. The molecule has 2 aliphatic carbocycles. The smallest absolute Gasteiger partial charge is 0.410 e. The number of benzene rings is 1. The van der Waals surface area contributed by atoms with Crippen LogP contribution in [0.1, 0.15) is 56.8 Å². The van der Waals surface area contributed by atoms with Gasteiger partial charge in [0.1, 0.15) is 23.3 Å². The molecule has 0 radical (unpaired) electrons. The number of hydrogen-bond donors (Lipinski definition) is 2. The number of nitrogens with zero attached hydrogens (tertiary/aromatic N) is 2. The van der Waals surface area contributed by atoms with Gasteiger partial charge in [0.2, 0.25) is 0 Å². The molecule has 1 spiro atoms. The van der Waals surface area contributed by atoms with Gasteiger partial charge in [-0.15, -0.1) is 0 Å². The predicted octanol–water partition coefficient (Wildman–Crippen LogP) is 3.78. The lowest BCUT2D eigenvalue weighted by atomic mass is 10.0. The maximum atomic E-state index is 14.8. The summed E-state index contributed by atoms with van der Waals surface area (Å²) in [5.74, 6) is -1.92. The molecule has 1 aromatic rings. The fourth-order valence-corrected chi connectivity index (χ4v) is 4.25. The predicted molar refractivity (Wildman–Crippen MR) is 115 cm³/mol. The minimum absolute atomic E-state index is 0.0277. The summed E-state index contributed by atoms with van der Waals surface area (Å²) in [5.41, 5.74) is -1.48. The van der Waals surface area contributed by atoms with E-state index in [0.717, 1.165) is 31.4 Å². The van der Waals surface area contributed by atoms with Crippen LogP contribution in [0.5, 0.6) is 0 Å². The Labute approximate surface area is 190 Å². The van der Waals surface area contributed by atoms with Gasteiger partial charge in [-0.25, -0.2) is 13.6 Å². The molecule has 1 aliphatic heterocycles. The van der Waals surface area contributed by atoms with Gasteiger partial charge in [0.05, 0.1) is 16.5 Å². The molecule has 180 valence electrons. The second kappa shape index (κ2) is 8.11. The van der Waals surface area contributed by atoms with E-state index in [9.17, 15) is 28.5 Å². The quantitative estimate of drug-likeness (QED) is 0.504. The number of alkyl halides is 1. The van der Waals surface area contributed by atoms with Gasteiger partial charge >= 0.3 is 6.09 Å². The molecule has 1 unspecified atom stereocenters. The van der Waals surface area contributed by atoms with E-state index in [2.05, 4.69) is 10.6 Å². The lowest BCUT2D eigenvalue weighted by Gasteiger charge is -2.36. The number of amides is 2. The van der Waals surface area contributed by atoms with E-state index in [1.54, 1.807) is 20.8 Å². The number of ether oxygens (including phenoxy) is 1. The van der Waals surface area contributed by atoms with Gasteiger partial charge in [0.15, 0.2) is 0 Å². The second-order valence-corrected chi connectivity index (χ2v) is 10.2. The van der Waals surface area contributed by atoms with Crippen molar-refractivity contribution in [3.8, 4) is 0 Å². The third kappa shape index (κ3) is 5.01. The van der Waals surface area contributed by atoms with Crippen LogP contribution in [0.2, 0.25) is 0 Å². The summed E-state index contributed by atoms with van der Waals surface area (Å²) < 4.78 is 34.5. The molecular weight excluding hydrogens is 438 g/mol. The van der Waals surface area contributed by atoms with E-state index in [1.807, 2.05) is 0 Å². The summed E-state index contributed by atoms with van der Waals surface area (Å²) in [6.45, 7) is 5.07. The molecule has 9 nitrogen and oxygen atoms in total. The standard InChI is InChI=1S/C22H28F2N4O5/c1-21(2,3)33-20(30)27-7-4-13(23)16(11-27)26-19(29)12-8-17(28(31)32)15(9-14(12)24)25-18-10-22(18)5-6-22/h8-9,13,16,18,25H,4-7,10-11H2,1-3H3,(H,26,29)/t13-,16-,18?/m0/s1. The van der Waals surface area contributed by atoms with E-state index in [0.29, 0.717) is 0 Å². The molecular formula is C22H28F2N4O5. The van der Waals surface area contributed by atoms with Crippen molar-refractivity contribution in [2.45, 2.75) is 70.3 Å². The Bertz CT molecular complexity index is 992. The number of rotatable bonds is 5. The molecule has 1 saturated heterocycles. The topological polar surface area (TPSA) is 114 Å². The largest absolute Gasteiger partial charge is 0.444 e. The van der Waals surface area contributed by atoms with Crippen molar-refractivity contribution >= 4 is 23.4 Å². The van der Waals surface area contributed by atoms with Crippen LogP contribution in [0.3, 0.4) is 0 Å². The van der Waals surface area contributed by atoms with E-state index in [1.165, 1.54) is 4.90 Å². The summed E-state index contributed by atoms with van der Waals surface area (Å²) >= 11 is 0.